The van der Waals surface area contributed by atoms with Crippen LogP contribution in [0.2, 0.25) is 0 Å². The highest BCUT2D eigenvalue weighted by Crippen LogP contribution is 2.29. The minimum Gasteiger partial charge on any atom is -0.143 e. The van der Waals surface area contributed by atoms with E-state index in [4.69, 9.17) is 0 Å². The average Bonchev–Trinajstić information content (AvgIpc) is 2.30. The Hall–Kier alpha value is -1.47. The normalized spacial score (nSPS) is 10.1. The van der Waals surface area contributed by atoms with Crippen molar-refractivity contribution in [1.82, 2.24) is 0 Å². The minimum absolute atomic E-state index is 0.966. The highest BCUT2D eigenvalue weighted by atomic mass is 32.1. The third-order valence-corrected chi connectivity index (χ3v) is 3.04. The molecule has 80 valence electrons. The molecule has 2 rings (SSSR count). The van der Waals surface area contributed by atoms with Crippen LogP contribution in [-0.2, 0) is 0 Å². The predicted molar refractivity (Wildman–Crippen MR) is 74.0 cm³/mol. The molecule has 0 aliphatic carbocycles. The van der Waals surface area contributed by atoms with Crippen LogP contribution in [-0.4, -0.2) is 0 Å². The van der Waals surface area contributed by atoms with Gasteiger partial charge in [-0.05, 0) is 29.7 Å². The molecule has 0 radical (unpaired) electrons. The Labute approximate surface area is 102 Å². The lowest BCUT2D eigenvalue weighted by atomic mass is 9.99. The smallest absolute Gasteiger partial charge is 0.0119 e. The molecule has 0 nitrogen and oxygen atoms in total. The van der Waals surface area contributed by atoms with Crippen LogP contribution in [0.25, 0.3) is 17.2 Å². The third kappa shape index (κ3) is 2.05. The first-order valence-electron chi connectivity index (χ1n) is 5.24. The molecule has 0 spiro atoms. The zero-order valence-corrected chi connectivity index (χ0v) is 10.2. The van der Waals surface area contributed by atoms with Crippen molar-refractivity contribution in [3.8, 4) is 11.1 Å². The van der Waals surface area contributed by atoms with Gasteiger partial charge >= 0.3 is 0 Å². The summed E-state index contributed by atoms with van der Waals surface area (Å²) in [7, 11) is 0. The van der Waals surface area contributed by atoms with Gasteiger partial charge in [-0.3, -0.25) is 0 Å². The van der Waals surface area contributed by atoms with Crippen molar-refractivity contribution in [2.24, 2.45) is 0 Å². The molecule has 0 N–H and O–H groups in total. The fourth-order valence-electron chi connectivity index (χ4n) is 1.75. The highest BCUT2D eigenvalue weighted by molar-refractivity contribution is 7.80. The van der Waals surface area contributed by atoms with Crippen LogP contribution in [0.1, 0.15) is 11.1 Å². The lowest BCUT2D eigenvalue weighted by molar-refractivity contribution is 1.41. The van der Waals surface area contributed by atoms with Gasteiger partial charge in [0, 0.05) is 4.90 Å². The Balaban J connectivity index is 2.59. The molecule has 0 saturated heterocycles. The molecule has 16 heavy (non-hydrogen) atoms. The van der Waals surface area contributed by atoms with Gasteiger partial charge in [0.25, 0.3) is 0 Å². The van der Waals surface area contributed by atoms with Crippen LogP contribution >= 0.6 is 12.6 Å². The monoisotopic (exact) mass is 226 g/mol. The molecule has 0 heterocycles. The van der Waals surface area contributed by atoms with Gasteiger partial charge in [0.05, 0.1) is 0 Å². The molecule has 2 aromatic rings. The fraction of sp³-hybridized carbons (Fsp3) is 0.0667. The van der Waals surface area contributed by atoms with Crippen LogP contribution in [0.3, 0.4) is 0 Å². The van der Waals surface area contributed by atoms with Crippen molar-refractivity contribution in [1.29, 1.82) is 0 Å². The summed E-state index contributed by atoms with van der Waals surface area (Å²) in [6.45, 7) is 5.94. The van der Waals surface area contributed by atoms with E-state index in [1.54, 1.807) is 0 Å². The summed E-state index contributed by atoms with van der Waals surface area (Å²) < 4.78 is 0. The van der Waals surface area contributed by atoms with E-state index in [1.807, 2.05) is 18.2 Å². The van der Waals surface area contributed by atoms with Gasteiger partial charge in [0.1, 0.15) is 0 Å². The molecule has 2 aromatic carbocycles. The van der Waals surface area contributed by atoms with Gasteiger partial charge in [-0.25, -0.2) is 0 Å². The zero-order chi connectivity index (χ0) is 11.5. The summed E-state index contributed by atoms with van der Waals surface area (Å²) >= 11 is 4.45. The Kier molecular flexibility index (Phi) is 3.16. The predicted octanol–water partition coefficient (Wildman–Crippen LogP) is 4.59. The minimum atomic E-state index is 0.966. The van der Waals surface area contributed by atoms with E-state index in [0.717, 1.165) is 10.5 Å². The zero-order valence-electron chi connectivity index (χ0n) is 9.27. The van der Waals surface area contributed by atoms with Crippen molar-refractivity contribution in [3.05, 3.63) is 60.2 Å². The number of hydrogen-bond acceptors (Lipinski definition) is 1. The van der Waals surface area contributed by atoms with Gasteiger partial charge in [0.2, 0.25) is 0 Å². The van der Waals surface area contributed by atoms with Crippen LogP contribution in [0.15, 0.2) is 53.9 Å². The van der Waals surface area contributed by atoms with E-state index in [0.29, 0.717) is 0 Å². The van der Waals surface area contributed by atoms with E-state index in [1.165, 1.54) is 16.7 Å². The molecule has 0 bridgehead atoms. The molecule has 0 aromatic heterocycles. The first-order chi connectivity index (χ1) is 7.72. The Morgan fingerprint density at radius 1 is 1.06 bits per heavy atom. The van der Waals surface area contributed by atoms with E-state index < -0.39 is 0 Å². The van der Waals surface area contributed by atoms with Crippen molar-refractivity contribution < 1.29 is 0 Å². The second-order valence-electron chi connectivity index (χ2n) is 3.81. The lowest BCUT2D eigenvalue weighted by Gasteiger charge is -2.08. The Morgan fingerprint density at radius 2 is 1.75 bits per heavy atom. The maximum Gasteiger partial charge on any atom is 0.0119 e. The number of aryl methyl sites for hydroxylation is 1. The first kappa shape index (κ1) is 11.0. The SMILES string of the molecule is C=Cc1c(S)cccc1-c1ccc(C)cc1. The molecule has 0 aliphatic rings. The van der Waals surface area contributed by atoms with Crippen molar-refractivity contribution in [2.75, 3.05) is 0 Å². The molecular formula is C15H14S. The summed E-state index contributed by atoms with van der Waals surface area (Å²) in [5, 5.41) is 0. The number of rotatable bonds is 2. The van der Waals surface area contributed by atoms with E-state index in [-0.39, 0.29) is 0 Å². The molecule has 0 saturated carbocycles. The molecular weight excluding hydrogens is 212 g/mol. The molecule has 0 unspecified atom stereocenters. The Bertz CT molecular complexity index is 509. The summed E-state index contributed by atoms with van der Waals surface area (Å²) in [5.41, 5.74) is 4.75. The lowest BCUT2D eigenvalue weighted by Crippen LogP contribution is -1.85. The standard InChI is InChI=1S/C15H14S/c1-3-13-14(5-4-6-15(13)16)12-9-7-11(2)8-10-12/h3-10,16H,1H2,2H3. The molecule has 1 heteroatoms. The maximum absolute atomic E-state index is 4.45. The summed E-state index contributed by atoms with van der Waals surface area (Å²) in [6, 6.07) is 14.6. The molecule has 0 aliphatic heterocycles. The largest absolute Gasteiger partial charge is 0.143 e. The van der Waals surface area contributed by atoms with Crippen LogP contribution in [0.4, 0.5) is 0 Å². The summed E-state index contributed by atoms with van der Waals surface area (Å²) in [6.07, 6.45) is 1.86. The average molecular weight is 226 g/mol. The topological polar surface area (TPSA) is 0 Å². The number of benzene rings is 2. The van der Waals surface area contributed by atoms with Crippen LogP contribution in [0, 0.1) is 6.92 Å². The van der Waals surface area contributed by atoms with Gasteiger partial charge in [-0.2, -0.15) is 0 Å². The maximum atomic E-state index is 4.45. The summed E-state index contributed by atoms with van der Waals surface area (Å²) in [4.78, 5) is 0.966. The highest BCUT2D eigenvalue weighted by Gasteiger charge is 2.04. The van der Waals surface area contributed by atoms with Gasteiger partial charge in [0.15, 0.2) is 0 Å². The van der Waals surface area contributed by atoms with Crippen LogP contribution in [0.5, 0.6) is 0 Å². The summed E-state index contributed by atoms with van der Waals surface area (Å²) in [5.74, 6) is 0. The second kappa shape index (κ2) is 4.58. The van der Waals surface area contributed by atoms with Gasteiger partial charge < -0.3 is 0 Å². The third-order valence-electron chi connectivity index (χ3n) is 2.65. The second-order valence-corrected chi connectivity index (χ2v) is 4.29. The van der Waals surface area contributed by atoms with E-state index in [2.05, 4.69) is 56.5 Å². The van der Waals surface area contributed by atoms with E-state index >= 15 is 0 Å². The molecule has 0 atom stereocenters. The molecule has 0 amide bonds. The van der Waals surface area contributed by atoms with Crippen molar-refractivity contribution in [2.45, 2.75) is 11.8 Å². The van der Waals surface area contributed by atoms with Crippen molar-refractivity contribution in [3.63, 3.8) is 0 Å². The number of hydrogen-bond donors (Lipinski definition) is 1. The Morgan fingerprint density at radius 3 is 2.38 bits per heavy atom. The number of thiol groups is 1. The van der Waals surface area contributed by atoms with Crippen molar-refractivity contribution >= 4 is 18.7 Å². The van der Waals surface area contributed by atoms with Gasteiger partial charge in [-0.1, -0.05) is 54.6 Å². The van der Waals surface area contributed by atoms with E-state index in [9.17, 15) is 0 Å². The fourth-order valence-corrected chi connectivity index (χ4v) is 2.05. The quantitative estimate of drug-likeness (QED) is 0.711. The van der Waals surface area contributed by atoms with Crippen LogP contribution < -0.4 is 0 Å². The van der Waals surface area contributed by atoms with Gasteiger partial charge in [-0.15, -0.1) is 12.6 Å². The first-order valence-corrected chi connectivity index (χ1v) is 5.68. The molecule has 0 fully saturated rings.